The molecule has 0 amide bonds. The number of nitrogens with one attached hydrogen (secondary N) is 1. The summed E-state index contributed by atoms with van der Waals surface area (Å²) in [6.45, 7) is 4.37. The number of H-pyrrole nitrogens is 1. The lowest BCUT2D eigenvalue weighted by molar-refractivity contribution is 0.419. The molecule has 0 saturated heterocycles. The third-order valence-corrected chi connectivity index (χ3v) is 2.54. The minimum absolute atomic E-state index is 0.525. The minimum Gasteiger partial charge on any atom is -0.496 e. The second kappa shape index (κ2) is 3.37. The minimum atomic E-state index is 0.525. The molecule has 2 aromatic rings. The Balaban J connectivity index is 2.67. The topological polar surface area (TPSA) is 25.0 Å². The van der Waals surface area contributed by atoms with Crippen molar-refractivity contribution in [3.05, 3.63) is 30.0 Å². The largest absolute Gasteiger partial charge is 0.496 e. The molecule has 0 unspecified atom stereocenters. The van der Waals surface area contributed by atoms with Gasteiger partial charge in [-0.2, -0.15) is 0 Å². The van der Waals surface area contributed by atoms with Crippen molar-refractivity contribution in [2.75, 3.05) is 7.11 Å². The van der Waals surface area contributed by atoms with Gasteiger partial charge in [-0.3, -0.25) is 0 Å². The smallest absolute Gasteiger partial charge is 0.128 e. The molecular formula is C12H15NO. The Morgan fingerprint density at radius 3 is 2.71 bits per heavy atom. The molecule has 0 bridgehead atoms. The second-order valence-corrected chi connectivity index (χ2v) is 3.82. The van der Waals surface area contributed by atoms with Gasteiger partial charge in [-0.1, -0.05) is 13.8 Å². The maximum Gasteiger partial charge on any atom is 0.128 e. The molecule has 14 heavy (non-hydrogen) atoms. The number of benzene rings is 1. The lowest BCUT2D eigenvalue weighted by atomic mass is 10.0. The first-order chi connectivity index (χ1) is 6.72. The van der Waals surface area contributed by atoms with Crippen molar-refractivity contribution >= 4 is 10.9 Å². The van der Waals surface area contributed by atoms with E-state index < -0.39 is 0 Å². The van der Waals surface area contributed by atoms with Crippen molar-refractivity contribution in [3.63, 3.8) is 0 Å². The lowest BCUT2D eigenvalue weighted by Gasteiger charge is -2.09. The SMILES string of the molecule is COc1cc(C(C)C)cc2[nH]ccc12. The van der Waals surface area contributed by atoms with Gasteiger partial charge >= 0.3 is 0 Å². The highest BCUT2D eigenvalue weighted by atomic mass is 16.5. The van der Waals surface area contributed by atoms with Crippen molar-refractivity contribution in [1.82, 2.24) is 4.98 Å². The van der Waals surface area contributed by atoms with Crippen LogP contribution in [0.25, 0.3) is 10.9 Å². The predicted molar refractivity (Wildman–Crippen MR) is 58.9 cm³/mol. The molecule has 0 aliphatic rings. The van der Waals surface area contributed by atoms with Gasteiger partial charge in [0.15, 0.2) is 0 Å². The summed E-state index contributed by atoms with van der Waals surface area (Å²) >= 11 is 0. The zero-order valence-corrected chi connectivity index (χ0v) is 8.79. The first kappa shape index (κ1) is 9.13. The number of methoxy groups -OCH3 is 1. The van der Waals surface area contributed by atoms with E-state index >= 15 is 0 Å². The van der Waals surface area contributed by atoms with E-state index in [9.17, 15) is 0 Å². The number of hydrogen-bond donors (Lipinski definition) is 1. The summed E-state index contributed by atoms with van der Waals surface area (Å²) in [5.74, 6) is 1.48. The maximum absolute atomic E-state index is 5.36. The summed E-state index contributed by atoms with van der Waals surface area (Å²) < 4.78 is 5.36. The molecule has 2 nitrogen and oxygen atoms in total. The van der Waals surface area contributed by atoms with E-state index in [1.807, 2.05) is 12.3 Å². The van der Waals surface area contributed by atoms with E-state index in [1.165, 1.54) is 5.56 Å². The average Bonchev–Trinajstić information content (AvgIpc) is 2.63. The molecule has 2 rings (SSSR count). The van der Waals surface area contributed by atoms with Gasteiger partial charge in [-0.05, 0) is 29.7 Å². The van der Waals surface area contributed by atoms with Crippen LogP contribution in [0.4, 0.5) is 0 Å². The highest BCUT2D eigenvalue weighted by molar-refractivity contribution is 5.86. The number of rotatable bonds is 2. The number of aromatic nitrogens is 1. The van der Waals surface area contributed by atoms with Gasteiger partial charge in [0.1, 0.15) is 5.75 Å². The number of ether oxygens (including phenoxy) is 1. The van der Waals surface area contributed by atoms with E-state index in [0.717, 1.165) is 16.7 Å². The maximum atomic E-state index is 5.36. The standard InChI is InChI=1S/C12H15NO/c1-8(2)9-6-11-10(4-5-13-11)12(7-9)14-3/h4-8,13H,1-3H3. The number of aromatic amines is 1. The molecule has 1 heterocycles. The van der Waals surface area contributed by atoms with Crippen LogP contribution >= 0.6 is 0 Å². The Labute approximate surface area is 83.9 Å². The molecule has 2 heteroatoms. The van der Waals surface area contributed by atoms with E-state index in [1.54, 1.807) is 7.11 Å². The van der Waals surface area contributed by atoms with Crippen LogP contribution in [0.5, 0.6) is 5.75 Å². The Morgan fingerprint density at radius 1 is 1.29 bits per heavy atom. The van der Waals surface area contributed by atoms with Crippen molar-refractivity contribution in [2.24, 2.45) is 0 Å². The molecule has 0 aliphatic heterocycles. The fourth-order valence-electron chi connectivity index (χ4n) is 1.66. The molecule has 1 N–H and O–H groups in total. The summed E-state index contributed by atoms with van der Waals surface area (Å²) in [5.41, 5.74) is 2.45. The van der Waals surface area contributed by atoms with Gasteiger partial charge in [0.25, 0.3) is 0 Å². The first-order valence-corrected chi connectivity index (χ1v) is 4.87. The Kier molecular flexibility index (Phi) is 2.20. The van der Waals surface area contributed by atoms with Crippen molar-refractivity contribution in [3.8, 4) is 5.75 Å². The zero-order chi connectivity index (χ0) is 10.1. The van der Waals surface area contributed by atoms with E-state index in [4.69, 9.17) is 4.74 Å². The zero-order valence-electron chi connectivity index (χ0n) is 8.79. The Morgan fingerprint density at radius 2 is 2.07 bits per heavy atom. The van der Waals surface area contributed by atoms with Gasteiger partial charge < -0.3 is 9.72 Å². The summed E-state index contributed by atoms with van der Waals surface area (Å²) in [5, 5.41) is 1.15. The van der Waals surface area contributed by atoms with Crippen molar-refractivity contribution in [1.29, 1.82) is 0 Å². The molecule has 1 aromatic carbocycles. The molecule has 0 fully saturated rings. The van der Waals surface area contributed by atoms with Crippen LogP contribution in [-0.4, -0.2) is 12.1 Å². The van der Waals surface area contributed by atoms with Crippen LogP contribution < -0.4 is 4.74 Å². The van der Waals surface area contributed by atoms with E-state index in [0.29, 0.717) is 5.92 Å². The number of hydrogen-bond acceptors (Lipinski definition) is 1. The van der Waals surface area contributed by atoms with Gasteiger partial charge in [0.2, 0.25) is 0 Å². The number of fused-ring (bicyclic) bond motifs is 1. The lowest BCUT2D eigenvalue weighted by Crippen LogP contribution is -1.90. The normalized spacial score (nSPS) is 11.1. The average molecular weight is 189 g/mol. The second-order valence-electron chi connectivity index (χ2n) is 3.82. The molecular weight excluding hydrogens is 174 g/mol. The summed E-state index contributed by atoms with van der Waals surface area (Å²) in [7, 11) is 1.71. The van der Waals surface area contributed by atoms with Crippen LogP contribution in [-0.2, 0) is 0 Å². The monoisotopic (exact) mass is 189 g/mol. The van der Waals surface area contributed by atoms with Crippen LogP contribution in [0, 0.1) is 0 Å². The molecule has 1 aromatic heterocycles. The molecule has 0 atom stereocenters. The third kappa shape index (κ3) is 1.37. The highest BCUT2D eigenvalue weighted by Gasteiger charge is 2.07. The van der Waals surface area contributed by atoms with Gasteiger partial charge in [0, 0.05) is 17.1 Å². The van der Waals surface area contributed by atoms with Crippen LogP contribution in [0.1, 0.15) is 25.3 Å². The van der Waals surface area contributed by atoms with Crippen LogP contribution in [0.3, 0.4) is 0 Å². The Bertz CT molecular complexity index is 443. The summed E-state index contributed by atoms with van der Waals surface area (Å²) in [6.07, 6.45) is 1.94. The molecule has 0 saturated carbocycles. The van der Waals surface area contributed by atoms with Gasteiger partial charge in [-0.25, -0.2) is 0 Å². The molecule has 0 radical (unpaired) electrons. The van der Waals surface area contributed by atoms with Crippen LogP contribution in [0.2, 0.25) is 0 Å². The molecule has 74 valence electrons. The van der Waals surface area contributed by atoms with Crippen molar-refractivity contribution in [2.45, 2.75) is 19.8 Å². The predicted octanol–water partition coefficient (Wildman–Crippen LogP) is 3.30. The summed E-state index contributed by atoms with van der Waals surface area (Å²) in [4.78, 5) is 3.21. The fourth-order valence-corrected chi connectivity index (χ4v) is 1.66. The summed E-state index contributed by atoms with van der Waals surface area (Å²) in [6, 6.07) is 6.33. The quantitative estimate of drug-likeness (QED) is 0.770. The third-order valence-electron chi connectivity index (χ3n) is 2.54. The van der Waals surface area contributed by atoms with Crippen molar-refractivity contribution < 1.29 is 4.74 Å². The van der Waals surface area contributed by atoms with E-state index in [-0.39, 0.29) is 0 Å². The molecule has 0 aliphatic carbocycles. The van der Waals surface area contributed by atoms with E-state index in [2.05, 4.69) is 31.0 Å². The van der Waals surface area contributed by atoms with Gasteiger partial charge in [0.05, 0.1) is 7.11 Å². The Hall–Kier alpha value is -1.44. The molecule has 0 spiro atoms. The van der Waals surface area contributed by atoms with Gasteiger partial charge in [-0.15, -0.1) is 0 Å². The van der Waals surface area contributed by atoms with Crippen LogP contribution in [0.15, 0.2) is 24.4 Å². The first-order valence-electron chi connectivity index (χ1n) is 4.87. The fraction of sp³-hybridized carbons (Fsp3) is 0.333. The highest BCUT2D eigenvalue weighted by Crippen LogP contribution is 2.29.